The van der Waals surface area contributed by atoms with E-state index >= 15 is 0 Å². The Hall–Kier alpha value is -3.20. The number of aromatic nitrogens is 2. The van der Waals surface area contributed by atoms with Crippen molar-refractivity contribution >= 4 is 34.5 Å². The fourth-order valence-corrected chi connectivity index (χ4v) is 4.78. The van der Waals surface area contributed by atoms with Gasteiger partial charge in [-0.3, -0.25) is 19.0 Å². The molecule has 9 heteroatoms. The summed E-state index contributed by atoms with van der Waals surface area (Å²) in [5, 5.41) is 0.804. The predicted molar refractivity (Wildman–Crippen MR) is 124 cm³/mol. The largest absolute Gasteiger partial charge is 0.466 e. The summed E-state index contributed by atoms with van der Waals surface area (Å²) >= 11 is 1.17. The molecule has 1 aliphatic heterocycles. The van der Waals surface area contributed by atoms with Gasteiger partial charge in [0, 0.05) is 13.1 Å². The van der Waals surface area contributed by atoms with Crippen molar-refractivity contribution in [3.05, 3.63) is 64.7 Å². The number of likely N-dealkylation sites (tertiary alicyclic amines) is 1. The van der Waals surface area contributed by atoms with Crippen LogP contribution in [0.5, 0.6) is 0 Å². The standard InChI is InChI=1S/C24H24FN3O4S/c1-2-32-23(31)16-11-13-27(14-12-16)21(29)15-33-24-26-20-6-4-3-5-19(20)22(30)28(24)18-9-7-17(25)8-10-18/h3-10,16H,2,11-15H2,1H3. The van der Waals surface area contributed by atoms with Gasteiger partial charge in [0.2, 0.25) is 5.91 Å². The molecule has 0 spiro atoms. The Morgan fingerprint density at radius 3 is 2.52 bits per heavy atom. The van der Waals surface area contributed by atoms with Crippen LogP contribution in [0.2, 0.25) is 0 Å². The molecule has 0 unspecified atom stereocenters. The van der Waals surface area contributed by atoms with Gasteiger partial charge in [-0.25, -0.2) is 9.37 Å². The molecule has 0 bridgehead atoms. The second-order valence-corrected chi connectivity index (χ2v) is 8.67. The molecule has 2 heterocycles. The highest BCUT2D eigenvalue weighted by Crippen LogP contribution is 2.24. The first-order valence-electron chi connectivity index (χ1n) is 10.8. The van der Waals surface area contributed by atoms with Gasteiger partial charge < -0.3 is 9.64 Å². The maximum atomic E-state index is 13.4. The quantitative estimate of drug-likeness (QED) is 0.313. The minimum Gasteiger partial charge on any atom is -0.466 e. The Morgan fingerprint density at radius 1 is 1.12 bits per heavy atom. The fraction of sp³-hybridized carbons (Fsp3) is 0.333. The Labute approximate surface area is 194 Å². The molecule has 0 radical (unpaired) electrons. The zero-order valence-electron chi connectivity index (χ0n) is 18.2. The lowest BCUT2D eigenvalue weighted by molar-refractivity contribution is -0.151. The van der Waals surface area contributed by atoms with Crippen LogP contribution < -0.4 is 5.56 Å². The summed E-state index contributed by atoms with van der Waals surface area (Å²) in [6.07, 6.45) is 1.15. The summed E-state index contributed by atoms with van der Waals surface area (Å²) in [5.74, 6) is -0.780. The summed E-state index contributed by atoms with van der Waals surface area (Å²) in [4.78, 5) is 44.3. The number of nitrogens with zero attached hydrogens (tertiary/aromatic N) is 3. The molecule has 1 amide bonds. The van der Waals surface area contributed by atoms with Crippen LogP contribution in [0.15, 0.2) is 58.5 Å². The zero-order chi connectivity index (χ0) is 23.4. The van der Waals surface area contributed by atoms with Crippen LogP contribution >= 0.6 is 11.8 Å². The number of piperidine rings is 1. The highest BCUT2D eigenvalue weighted by molar-refractivity contribution is 7.99. The number of thioether (sulfide) groups is 1. The van der Waals surface area contributed by atoms with Crippen LogP contribution in [0.25, 0.3) is 16.6 Å². The monoisotopic (exact) mass is 469 g/mol. The number of para-hydroxylation sites is 1. The molecule has 2 aromatic carbocycles. The molecule has 4 rings (SSSR count). The normalized spacial score (nSPS) is 14.4. The number of fused-ring (bicyclic) bond motifs is 1. The predicted octanol–water partition coefficient (Wildman–Crippen LogP) is 3.42. The maximum absolute atomic E-state index is 13.4. The van der Waals surface area contributed by atoms with Crippen molar-refractivity contribution in [3.8, 4) is 5.69 Å². The molecule has 172 valence electrons. The molecular weight excluding hydrogens is 445 g/mol. The van der Waals surface area contributed by atoms with Gasteiger partial charge in [0.1, 0.15) is 5.82 Å². The Balaban J connectivity index is 1.53. The minimum atomic E-state index is -0.406. The number of amides is 1. The van der Waals surface area contributed by atoms with Crippen molar-refractivity contribution in [1.82, 2.24) is 14.5 Å². The number of hydrogen-bond donors (Lipinski definition) is 0. The second kappa shape index (κ2) is 10.2. The van der Waals surface area contributed by atoms with Gasteiger partial charge in [-0.1, -0.05) is 23.9 Å². The first kappa shape index (κ1) is 23.0. The molecule has 33 heavy (non-hydrogen) atoms. The zero-order valence-corrected chi connectivity index (χ0v) is 19.0. The summed E-state index contributed by atoms with van der Waals surface area (Å²) in [7, 11) is 0. The van der Waals surface area contributed by atoms with Gasteiger partial charge in [-0.15, -0.1) is 0 Å². The van der Waals surface area contributed by atoms with Crippen LogP contribution in [0.1, 0.15) is 19.8 Å². The van der Waals surface area contributed by atoms with E-state index in [9.17, 15) is 18.8 Å². The third kappa shape index (κ3) is 5.08. The van der Waals surface area contributed by atoms with Gasteiger partial charge in [0.15, 0.2) is 5.16 Å². The van der Waals surface area contributed by atoms with Crippen molar-refractivity contribution in [1.29, 1.82) is 0 Å². The van der Waals surface area contributed by atoms with Crippen molar-refractivity contribution in [3.63, 3.8) is 0 Å². The second-order valence-electron chi connectivity index (χ2n) is 7.72. The third-order valence-electron chi connectivity index (χ3n) is 5.62. The van der Waals surface area contributed by atoms with E-state index in [0.717, 1.165) is 0 Å². The fourth-order valence-electron chi connectivity index (χ4n) is 3.87. The highest BCUT2D eigenvalue weighted by Gasteiger charge is 2.28. The first-order valence-corrected chi connectivity index (χ1v) is 11.8. The number of halogens is 1. The smallest absolute Gasteiger partial charge is 0.309 e. The lowest BCUT2D eigenvalue weighted by Gasteiger charge is -2.30. The number of carbonyl (C=O) groups excluding carboxylic acids is 2. The average Bonchev–Trinajstić information content (AvgIpc) is 2.84. The van der Waals surface area contributed by atoms with Crippen molar-refractivity contribution in [2.75, 3.05) is 25.4 Å². The lowest BCUT2D eigenvalue weighted by atomic mass is 9.97. The van der Waals surface area contributed by atoms with Crippen LogP contribution in [0.4, 0.5) is 4.39 Å². The molecule has 1 aliphatic rings. The first-order chi connectivity index (χ1) is 16.0. The van der Waals surface area contributed by atoms with E-state index in [-0.39, 0.29) is 29.1 Å². The van der Waals surface area contributed by atoms with Crippen LogP contribution in [0.3, 0.4) is 0 Å². The van der Waals surface area contributed by atoms with E-state index in [1.165, 1.54) is 40.6 Å². The van der Waals surface area contributed by atoms with Crippen molar-refractivity contribution < 1.29 is 18.7 Å². The summed E-state index contributed by atoms with van der Waals surface area (Å²) in [5.41, 5.74) is 0.730. The number of ether oxygens (including phenoxy) is 1. The molecule has 0 aliphatic carbocycles. The third-order valence-corrected chi connectivity index (χ3v) is 6.55. The molecule has 0 saturated carbocycles. The van der Waals surface area contributed by atoms with E-state index in [1.54, 1.807) is 36.1 Å². The van der Waals surface area contributed by atoms with Gasteiger partial charge >= 0.3 is 5.97 Å². The van der Waals surface area contributed by atoms with Crippen LogP contribution in [-0.2, 0) is 14.3 Å². The maximum Gasteiger partial charge on any atom is 0.309 e. The summed E-state index contributed by atoms with van der Waals surface area (Å²) < 4.78 is 19.9. The number of carbonyl (C=O) groups is 2. The van der Waals surface area contributed by atoms with E-state index in [4.69, 9.17) is 4.74 Å². The van der Waals surface area contributed by atoms with Crippen molar-refractivity contribution in [2.24, 2.45) is 5.92 Å². The number of benzene rings is 2. The van der Waals surface area contributed by atoms with E-state index in [1.807, 2.05) is 0 Å². The number of esters is 1. The van der Waals surface area contributed by atoms with E-state index < -0.39 is 5.82 Å². The molecule has 1 fully saturated rings. The molecular formula is C24H24FN3O4S. The topological polar surface area (TPSA) is 81.5 Å². The Morgan fingerprint density at radius 2 is 1.82 bits per heavy atom. The van der Waals surface area contributed by atoms with Gasteiger partial charge in [-0.2, -0.15) is 0 Å². The van der Waals surface area contributed by atoms with Gasteiger partial charge in [-0.05, 0) is 56.2 Å². The van der Waals surface area contributed by atoms with E-state index in [2.05, 4.69) is 4.98 Å². The SMILES string of the molecule is CCOC(=O)C1CCN(C(=O)CSc2nc3ccccc3c(=O)n2-c2ccc(F)cc2)CC1. The molecule has 1 saturated heterocycles. The highest BCUT2D eigenvalue weighted by atomic mass is 32.2. The average molecular weight is 470 g/mol. The van der Waals surface area contributed by atoms with Gasteiger partial charge in [0.25, 0.3) is 5.56 Å². The number of rotatable bonds is 6. The van der Waals surface area contributed by atoms with Gasteiger partial charge in [0.05, 0.1) is 34.9 Å². The molecule has 1 aromatic heterocycles. The summed E-state index contributed by atoms with van der Waals surface area (Å²) in [6.45, 7) is 3.10. The Bertz CT molecular complexity index is 1220. The van der Waals surface area contributed by atoms with Crippen LogP contribution in [-0.4, -0.2) is 51.8 Å². The minimum absolute atomic E-state index is 0.0876. The molecule has 3 aromatic rings. The molecule has 7 nitrogen and oxygen atoms in total. The lowest BCUT2D eigenvalue weighted by Crippen LogP contribution is -2.41. The summed E-state index contributed by atoms with van der Waals surface area (Å²) in [6, 6.07) is 12.6. The van der Waals surface area contributed by atoms with Crippen LogP contribution in [0, 0.1) is 11.7 Å². The van der Waals surface area contributed by atoms with Crippen molar-refractivity contribution in [2.45, 2.75) is 24.9 Å². The number of hydrogen-bond acceptors (Lipinski definition) is 6. The Kier molecular flexibility index (Phi) is 7.08. The molecule has 0 N–H and O–H groups in total. The van der Waals surface area contributed by atoms with E-state index in [0.29, 0.717) is 54.3 Å². The molecule has 0 atom stereocenters.